The van der Waals surface area contributed by atoms with Gasteiger partial charge in [-0.2, -0.15) is 0 Å². The predicted octanol–water partition coefficient (Wildman–Crippen LogP) is 2.07. The van der Waals surface area contributed by atoms with Crippen LogP contribution in [0.15, 0.2) is 35.4 Å². The Hall–Kier alpha value is -1.57. The fourth-order valence-corrected chi connectivity index (χ4v) is 2.71. The fraction of sp³-hybridized carbons (Fsp3) is 0.0909. The molecule has 1 aromatic carbocycles. The molecule has 1 heterocycles. The van der Waals surface area contributed by atoms with Gasteiger partial charge in [-0.15, -0.1) is 0 Å². The molecule has 2 aromatic rings. The van der Waals surface area contributed by atoms with Gasteiger partial charge < -0.3 is 10.7 Å². The summed E-state index contributed by atoms with van der Waals surface area (Å²) in [7, 11) is -3.86. The third-order valence-electron chi connectivity index (χ3n) is 2.42. The molecule has 0 aliphatic rings. The minimum Gasteiger partial charge on any atom is -0.363 e. The second kappa shape index (κ2) is 5.20. The summed E-state index contributed by atoms with van der Waals surface area (Å²) >= 11 is 5.59. The summed E-state index contributed by atoms with van der Waals surface area (Å²) in [6.45, 7) is 0.185. The van der Waals surface area contributed by atoms with E-state index in [-0.39, 0.29) is 22.2 Å². The second-order valence-electron chi connectivity index (χ2n) is 3.79. The summed E-state index contributed by atoms with van der Waals surface area (Å²) in [6.07, 6.45) is 1.29. The van der Waals surface area contributed by atoms with Crippen LogP contribution in [-0.2, 0) is 16.6 Å². The van der Waals surface area contributed by atoms with Crippen LogP contribution in [0.5, 0.6) is 0 Å². The Bertz CT molecular complexity index is 700. The lowest BCUT2D eigenvalue weighted by molar-refractivity contribution is 0.598. The molecule has 2 rings (SSSR count). The van der Waals surface area contributed by atoms with Crippen molar-refractivity contribution < 1.29 is 12.8 Å². The smallest absolute Gasteiger partial charge is 0.263 e. The lowest BCUT2D eigenvalue weighted by Gasteiger charge is -2.07. The number of anilines is 1. The summed E-state index contributed by atoms with van der Waals surface area (Å²) in [5.41, 5.74) is 5.78. The van der Waals surface area contributed by atoms with Crippen LogP contribution in [0.25, 0.3) is 0 Å². The molecule has 5 nitrogen and oxygen atoms in total. The number of aromatic nitrogens is 1. The number of aromatic amines is 1. The van der Waals surface area contributed by atoms with Gasteiger partial charge in [0.15, 0.2) is 0 Å². The molecule has 0 unspecified atom stereocenters. The number of nitrogens with one attached hydrogen (secondary N) is 2. The van der Waals surface area contributed by atoms with Crippen molar-refractivity contribution in [2.45, 2.75) is 11.4 Å². The SMILES string of the molecule is NCc1cc(S(=O)(=O)Nc2ccc(Cl)cc2F)c[nH]1. The van der Waals surface area contributed by atoms with Gasteiger partial charge in [0.1, 0.15) is 10.7 Å². The zero-order chi connectivity index (χ0) is 14.0. The minimum atomic E-state index is -3.86. The lowest BCUT2D eigenvalue weighted by atomic mass is 10.3. The van der Waals surface area contributed by atoms with E-state index >= 15 is 0 Å². The average Bonchev–Trinajstić information content (AvgIpc) is 2.82. The van der Waals surface area contributed by atoms with Gasteiger partial charge in [-0.05, 0) is 24.3 Å². The summed E-state index contributed by atoms with van der Waals surface area (Å²) in [4.78, 5) is 2.70. The van der Waals surface area contributed by atoms with Gasteiger partial charge in [0.25, 0.3) is 10.0 Å². The Labute approximate surface area is 114 Å². The van der Waals surface area contributed by atoms with E-state index in [0.29, 0.717) is 5.69 Å². The predicted molar refractivity (Wildman–Crippen MR) is 70.9 cm³/mol. The number of nitrogens with two attached hydrogens (primary N) is 1. The Balaban J connectivity index is 2.30. The highest BCUT2D eigenvalue weighted by molar-refractivity contribution is 7.92. The third kappa shape index (κ3) is 3.06. The lowest BCUT2D eigenvalue weighted by Crippen LogP contribution is -2.13. The van der Waals surface area contributed by atoms with Crippen molar-refractivity contribution in [2.24, 2.45) is 5.73 Å². The van der Waals surface area contributed by atoms with Crippen molar-refractivity contribution in [3.8, 4) is 0 Å². The third-order valence-corrected chi connectivity index (χ3v) is 4.00. The monoisotopic (exact) mass is 303 g/mol. The van der Waals surface area contributed by atoms with Crippen LogP contribution in [0.4, 0.5) is 10.1 Å². The minimum absolute atomic E-state index is 0.0118. The highest BCUT2D eigenvalue weighted by atomic mass is 35.5. The Morgan fingerprint density at radius 2 is 2.11 bits per heavy atom. The van der Waals surface area contributed by atoms with Crippen LogP contribution in [0.2, 0.25) is 5.02 Å². The van der Waals surface area contributed by atoms with Crippen LogP contribution in [0, 0.1) is 5.82 Å². The molecule has 4 N–H and O–H groups in total. The summed E-state index contributed by atoms with van der Waals surface area (Å²) < 4.78 is 39.7. The van der Waals surface area contributed by atoms with E-state index in [9.17, 15) is 12.8 Å². The number of hydrogen-bond donors (Lipinski definition) is 3. The fourth-order valence-electron chi connectivity index (χ4n) is 1.47. The maximum Gasteiger partial charge on any atom is 0.263 e. The number of H-pyrrole nitrogens is 1. The molecule has 102 valence electrons. The van der Waals surface area contributed by atoms with Gasteiger partial charge in [-0.25, -0.2) is 12.8 Å². The molecular weight excluding hydrogens is 293 g/mol. The highest BCUT2D eigenvalue weighted by Crippen LogP contribution is 2.22. The zero-order valence-electron chi connectivity index (χ0n) is 9.65. The molecule has 8 heteroatoms. The maximum absolute atomic E-state index is 13.5. The summed E-state index contributed by atoms with van der Waals surface area (Å²) in [5, 5.41) is 0.188. The Morgan fingerprint density at radius 1 is 1.37 bits per heavy atom. The number of halogens is 2. The average molecular weight is 304 g/mol. The molecule has 1 aromatic heterocycles. The molecule has 0 saturated heterocycles. The van der Waals surface area contributed by atoms with Gasteiger partial charge >= 0.3 is 0 Å². The first-order valence-corrected chi connectivity index (χ1v) is 7.14. The normalized spacial score (nSPS) is 11.5. The van der Waals surface area contributed by atoms with Gasteiger partial charge in [0, 0.05) is 23.5 Å². The van der Waals surface area contributed by atoms with Crippen LogP contribution in [-0.4, -0.2) is 13.4 Å². The molecule has 0 bridgehead atoms. The molecular formula is C11H11ClFN3O2S. The largest absolute Gasteiger partial charge is 0.363 e. The van der Waals surface area contributed by atoms with Crippen molar-refractivity contribution in [1.29, 1.82) is 0 Å². The van der Waals surface area contributed by atoms with Gasteiger partial charge in [-0.1, -0.05) is 11.6 Å². The van der Waals surface area contributed by atoms with Crippen LogP contribution >= 0.6 is 11.6 Å². The number of sulfonamides is 1. The molecule has 0 spiro atoms. The van der Waals surface area contributed by atoms with E-state index in [4.69, 9.17) is 17.3 Å². The van der Waals surface area contributed by atoms with E-state index in [0.717, 1.165) is 6.07 Å². The maximum atomic E-state index is 13.5. The first-order chi connectivity index (χ1) is 8.92. The van der Waals surface area contributed by atoms with Crippen molar-refractivity contribution >= 4 is 27.3 Å². The number of benzene rings is 1. The Kier molecular flexibility index (Phi) is 3.79. The van der Waals surface area contributed by atoms with E-state index in [1.54, 1.807) is 0 Å². The molecule has 0 aliphatic carbocycles. The Morgan fingerprint density at radius 3 is 2.68 bits per heavy atom. The second-order valence-corrected chi connectivity index (χ2v) is 5.91. The molecule has 0 fully saturated rings. The van der Waals surface area contributed by atoms with Crippen molar-refractivity contribution in [3.05, 3.63) is 47.0 Å². The van der Waals surface area contributed by atoms with E-state index in [1.165, 1.54) is 24.4 Å². The van der Waals surface area contributed by atoms with Gasteiger partial charge in [0.2, 0.25) is 0 Å². The van der Waals surface area contributed by atoms with Gasteiger partial charge in [0.05, 0.1) is 5.69 Å². The quantitative estimate of drug-likeness (QED) is 0.808. The molecule has 0 saturated carbocycles. The summed E-state index contributed by atoms with van der Waals surface area (Å²) in [5.74, 6) is -0.745. The molecule has 0 radical (unpaired) electrons. The zero-order valence-corrected chi connectivity index (χ0v) is 11.2. The first kappa shape index (κ1) is 13.9. The van der Waals surface area contributed by atoms with Gasteiger partial charge in [-0.3, -0.25) is 4.72 Å². The van der Waals surface area contributed by atoms with Crippen molar-refractivity contribution in [2.75, 3.05) is 4.72 Å². The molecule has 0 amide bonds. The van der Waals surface area contributed by atoms with E-state index in [1.807, 2.05) is 0 Å². The molecule has 0 aliphatic heterocycles. The van der Waals surface area contributed by atoms with Crippen molar-refractivity contribution in [1.82, 2.24) is 4.98 Å². The molecule has 0 atom stereocenters. The van der Waals surface area contributed by atoms with Crippen LogP contribution in [0.1, 0.15) is 5.69 Å². The number of hydrogen-bond acceptors (Lipinski definition) is 3. The van der Waals surface area contributed by atoms with E-state index < -0.39 is 15.8 Å². The topological polar surface area (TPSA) is 88.0 Å². The molecule has 19 heavy (non-hydrogen) atoms. The van der Waals surface area contributed by atoms with Crippen LogP contribution < -0.4 is 10.5 Å². The van der Waals surface area contributed by atoms with Crippen molar-refractivity contribution in [3.63, 3.8) is 0 Å². The number of rotatable bonds is 4. The summed E-state index contributed by atoms with van der Waals surface area (Å²) in [6, 6.07) is 5.06. The highest BCUT2D eigenvalue weighted by Gasteiger charge is 2.17. The van der Waals surface area contributed by atoms with Crippen LogP contribution in [0.3, 0.4) is 0 Å². The van der Waals surface area contributed by atoms with E-state index in [2.05, 4.69) is 9.71 Å². The standard InChI is InChI=1S/C11H11ClFN3O2S/c12-7-1-2-11(10(13)3-7)16-19(17,18)9-4-8(5-14)15-6-9/h1-4,6,15-16H,5,14H2. The first-order valence-electron chi connectivity index (χ1n) is 5.27.